The van der Waals surface area contributed by atoms with Gasteiger partial charge in [0.25, 0.3) is 0 Å². The molecule has 0 bridgehead atoms. The second-order valence-corrected chi connectivity index (χ2v) is 8.02. The van der Waals surface area contributed by atoms with E-state index in [9.17, 15) is 18.0 Å². The van der Waals surface area contributed by atoms with Crippen LogP contribution in [0.3, 0.4) is 0 Å². The summed E-state index contributed by atoms with van der Waals surface area (Å²) >= 11 is 0. The topological polar surface area (TPSA) is 47.6 Å². The summed E-state index contributed by atoms with van der Waals surface area (Å²) < 4.78 is 46.3. The number of Topliss-reactive ketones (excluding diaryl/α,β-unsaturated/α-hetero) is 1. The van der Waals surface area contributed by atoms with E-state index in [-0.39, 0.29) is 29.7 Å². The monoisotopic (exact) mass is 419 g/mol. The standard InChI is InChI=1S/C23H24F3NO3/c1-14-21(27-20-5-3-2-4-19(20)22(14)28)15-6-8-16(9-7-15)29-17-10-12-18(13-11-17)30-23(24,25)26/h6-14,19-21,27H,2-5H2,1H3. The van der Waals surface area contributed by atoms with Crippen LogP contribution in [0.15, 0.2) is 48.5 Å². The molecule has 1 aliphatic carbocycles. The van der Waals surface area contributed by atoms with E-state index in [1.54, 1.807) is 12.1 Å². The highest BCUT2D eigenvalue weighted by Crippen LogP contribution is 2.38. The highest BCUT2D eigenvalue weighted by atomic mass is 19.4. The summed E-state index contributed by atoms with van der Waals surface area (Å²) in [6.07, 6.45) is -0.424. The summed E-state index contributed by atoms with van der Waals surface area (Å²) in [6, 6.07) is 13.0. The van der Waals surface area contributed by atoms with Gasteiger partial charge in [-0.1, -0.05) is 31.9 Å². The molecular formula is C23H24F3NO3. The van der Waals surface area contributed by atoms with Gasteiger partial charge in [-0.15, -0.1) is 13.2 Å². The van der Waals surface area contributed by atoms with Crippen molar-refractivity contribution in [3.8, 4) is 17.2 Å². The molecule has 0 aromatic heterocycles. The minimum absolute atomic E-state index is 0.0234. The lowest BCUT2D eigenvalue weighted by Crippen LogP contribution is -2.53. The first kappa shape index (κ1) is 20.7. The number of carbonyl (C=O) groups excluding carboxylic acids is 1. The normalized spacial score (nSPS) is 26.7. The molecule has 1 heterocycles. The van der Waals surface area contributed by atoms with Crippen LogP contribution in [0.4, 0.5) is 13.2 Å². The zero-order chi connectivity index (χ0) is 21.3. The summed E-state index contributed by atoms with van der Waals surface area (Å²) in [7, 11) is 0. The molecule has 1 aliphatic heterocycles. The summed E-state index contributed by atoms with van der Waals surface area (Å²) in [5.74, 6) is 1.07. The largest absolute Gasteiger partial charge is 0.573 e. The van der Waals surface area contributed by atoms with Crippen LogP contribution in [0.25, 0.3) is 0 Å². The van der Waals surface area contributed by atoms with Gasteiger partial charge in [0.15, 0.2) is 0 Å². The third kappa shape index (κ3) is 4.61. The number of halogens is 3. The Balaban J connectivity index is 1.42. The number of hydrogen-bond donors (Lipinski definition) is 1. The van der Waals surface area contributed by atoms with E-state index in [0.717, 1.165) is 31.2 Å². The van der Waals surface area contributed by atoms with Crippen LogP contribution in [-0.2, 0) is 4.79 Å². The van der Waals surface area contributed by atoms with Crippen molar-refractivity contribution in [2.75, 3.05) is 0 Å². The van der Waals surface area contributed by atoms with Crippen molar-refractivity contribution in [1.29, 1.82) is 0 Å². The Kier molecular flexibility index (Phi) is 5.73. The minimum atomic E-state index is -4.72. The van der Waals surface area contributed by atoms with Crippen molar-refractivity contribution >= 4 is 5.78 Å². The molecule has 1 saturated carbocycles. The van der Waals surface area contributed by atoms with Crippen molar-refractivity contribution in [2.45, 2.75) is 51.1 Å². The molecule has 2 fully saturated rings. The Morgan fingerprint density at radius 1 is 0.900 bits per heavy atom. The van der Waals surface area contributed by atoms with Crippen molar-refractivity contribution in [3.05, 3.63) is 54.1 Å². The number of carbonyl (C=O) groups is 1. The predicted octanol–water partition coefficient (Wildman–Crippen LogP) is 5.79. The van der Waals surface area contributed by atoms with Crippen molar-refractivity contribution in [2.24, 2.45) is 11.8 Å². The van der Waals surface area contributed by atoms with Crippen LogP contribution >= 0.6 is 0 Å². The van der Waals surface area contributed by atoms with Gasteiger partial charge in [-0.25, -0.2) is 0 Å². The molecule has 4 atom stereocenters. The van der Waals surface area contributed by atoms with Gasteiger partial charge in [0.2, 0.25) is 0 Å². The first-order valence-electron chi connectivity index (χ1n) is 10.2. The van der Waals surface area contributed by atoms with Crippen LogP contribution in [0.5, 0.6) is 17.2 Å². The van der Waals surface area contributed by atoms with Gasteiger partial charge in [-0.05, 0) is 54.8 Å². The maximum atomic E-state index is 12.8. The average molecular weight is 419 g/mol. The first-order chi connectivity index (χ1) is 14.3. The quantitative estimate of drug-likeness (QED) is 0.682. The van der Waals surface area contributed by atoms with Crippen LogP contribution in [0.1, 0.15) is 44.2 Å². The van der Waals surface area contributed by atoms with E-state index in [1.807, 2.05) is 19.1 Å². The predicted molar refractivity (Wildman–Crippen MR) is 105 cm³/mol. The Morgan fingerprint density at radius 2 is 1.47 bits per heavy atom. The van der Waals surface area contributed by atoms with E-state index < -0.39 is 6.36 Å². The minimum Gasteiger partial charge on any atom is -0.457 e. The molecule has 7 heteroatoms. The number of benzene rings is 2. The van der Waals surface area contributed by atoms with Crippen LogP contribution in [0, 0.1) is 11.8 Å². The summed E-state index contributed by atoms with van der Waals surface area (Å²) in [6.45, 7) is 1.99. The molecule has 160 valence electrons. The Hall–Kier alpha value is -2.54. The second-order valence-electron chi connectivity index (χ2n) is 8.02. The maximum absolute atomic E-state index is 12.8. The molecule has 4 unspecified atom stereocenters. The average Bonchev–Trinajstić information content (AvgIpc) is 2.72. The first-order valence-corrected chi connectivity index (χ1v) is 10.2. The molecule has 4 rings (SSSR count). The third-order valence-electron chi connectivity index (χ3n) is 6.01. The van der Waals surface area contributed by atoms with E-state index in [2.05, 4.69) is 10.1 Å². The van der Waals surface area contributed by atoms with E-state index in [0.29, 0.717) is 17.3 Å². The molecule has 2 aromatic carbocycles. The molecule has 0 radical (unpaired) electrons. The smallest absolute Gasteiger partial charge is 0.457 e. The molecule has 0 spiro atoms. The van der Waals surface area contributed by atoms with Crippen molar-refractivity contribution in [1.82, 2.24) is 5.32 Å². The number of ether oxygens (including phenoxy) is 2. The Labute approximate surface area is 173 Å². The summed E-state index contributed by atoms with van der Waals surface area (Å²) in [4.78, 5) is 12.8. The number of alkyl halides is 3. The van der Waals surface area contributed by atoms with Gasteiger partial charge < -0.3 is 14.8 Å². The fourth-order valence-corrected chi connectivity index (χ4v) is 4.52. The van der Waals surface area contributed by atoms with Crippen LogP contribution < -0.4 is 14.8 Å². The molecule has 4 nitrogen and oxygen atoms in total. The molecule has 1 N–H and O–H groups in total. The van der Waals surface area contributed by atoms with Gasteiger partial charge >= 0.3 is 6.36 Å². The zero-order valence-corrected chi connectivity index (χ0v) is 16.6. The van der Waals surface area contributed by atoms with Gasteiger partial charge in [0, 0.05) is 23.9 Å². The maximum Gasteiger partial charge on any atom is 0.573 e. The SMILES string of the molecule is CC1C(=O)C2CCCCC2NC1c1ccc(Oc2ccc(OC(F)(F)F)cc2)cc1. The number of ketones is 1. The highest BCUT2D eigenvalue weighted by Gasteiger charge is 2.42. The van der Waals surface area contributed by atoms with E-state index in [1.165, 1.54) is 24.3 Å². The number of fused-ring (bicyclic) bond motifs is 1. The van der Waals surface area contributed by atoms with Crippen molar-refractivity contribution < 1.29 is 27.4 Å². The lowest BCUT2D eigenvalue weighted by atomic mass is 9.71. The number of nitrogens with one attached hydrogen (secondary N) is 1. The number of piperidine rings is 1. The molecule has 1 saturated heterocycles. The zero-order valence-electron chi connectivity index (χ0n) is 16.6. The van der Waals surface area contributed by atoms with Gasteiger partial charge in [0.05, 0.1) is 0 Å². The fourth-order valence-electron chi connectivity index (χ4n) is 4.52. The van der Waals surface area contributed by atoms with Crippen molar-refractivity contribution in [3.63, 3.8) is 0 Å². The highest BCUT2D eigenvalue weighted by molar-refractivity contribution is 5.85. The number of hydrogen-bond acceptors (Lipinski definition) is 4. The lowest BCUT2D eigenvalue weighted by molar-refractivity contribution is -0.274. The van der Waals surface area contributed by atoms with Crippen LogP contribution in [0.2, 0.25) is 0 Å². The van der Waals surface area contributed by atoms with Gasteiger partial charge in [0.1, 0.15) is 23.0 Å². The third-order valence-corrected chi connectivity index (χ3v) is 6.01. The summed E-state index contributed by atoms with van der Waals surface area (Å²) in [5, 5.41) is 3.68. The second kappa shape index (κ2) is 8.30. The van der Waals surface area contributed by atoms with Gasteiger partial charge in [-0.3, -0.25) is 4.79 Å². The molecule has 30 heavy (non-hydrogen) atoms. The Morgan fingerprint density at radius 3 is 2.10 bits per heavy atom. The van der Waals surface area contributed by atoms with E-state index in [4.69, 9.17) is 4.74 Å². The Bertz CT molecular complexity index is 880. The molecule has 2 aliphatic rings. The fraction of sp³-hybridized carbons (Fsp3) is 0.435. The molecule has 0 amide bonds. The molecule has 2 aromatic rings. The van der Waals surface area contributed by atoms with Crippen LogP contribution in [-0.4, -0.2) is 18.2 Å². The lowest BCUT2D eigenvalue weighted by Gasteiger charge is -2.43. The molecular weight excluding hydrogens is 395 g/mol. The van der Waals surface area contributed by atoms with E-state index >= 15 is 0 Å². The summed E-state index contributed by atoms with van der Waals surface area (Å²) in [5.41, 5.74) is 1.03. The number of rotatable bonds is 4. The van der Waals surface area contributed by atoms with Gasteiger partial charge in [-0.2, -0.15) is 0 Å².